The summed E-state index contributed by atoms with van der Waals surface area (Å²) in [5, 5.41) is 8.01. The Hall–Kier alpha value is -1.73. The lowest BCUT2D eigenvalue weighted by Crippen LogP contribution is -2.32. The summed E-state index contributed by atoms with van der Waals surface area (Å²) in [6, 6.07) is 2.05. The van der Waals surface area contributed by atoms with Gasteiger partial charge in [-0.1, -0.05) is 0 Å². The summed E-state index contributed by atoms with van der Waals surface area (Å²) >= 11 is 1.65. The van der Waals surface area contributed by atoms with Crippen molar-refractivity contribution in [3.8, 4) is 0 Å². The summed E-state index contributed by atoms with van der Waals surface area (Å²) in [5.74, 6) is 0.565. The first kappa shape index (κ1) is 17.1. The van der Waals surface area contributed by atoms with Crippen LogP contribution in [0.15, 0.2) is 17.8 Å². The Morgan fingerprint density at radius 1 is 1.54 bits per heavy atom. The van der Waals surface area contributed by atoms with Gasteiger partial charge >= 0.3 is 0 Å². The highest BCUT2D eigenvalue weighted by molar-refractivity contribution is 7.09. The molecule has 6 nitrogen and oxygen atoms in total. The molecule has 24 heavy (non-hydrogen) atoms. The van der Waals surface area contributed by atoms with E-state index in [4.69, 9.17) is 0 Å². The van der Waals surface area contributed by atoms with Crippen molar-refractivity contribution in [2.45, 2.75) is 38.6 Å². The number of carbonyl (C=O) groups excluding carboxylic acids is 1. The minimum absolute atomic E-state index is 0.0913. The summed E-state index contributed by atoms with van der Waals surface area (Å²) in [6.45, 7) is 5.11. The highest BCUT2D eigenvalue weighted by Crippen LogP contribution is 2.21. The van der Waals surface area contributed by atoms with E-state index in [-0.39, 0.29) is 5.91 Å². The fraction of sp³-hybridized carbons (Fsp3) is 0.588. The molecule has 1 fully saturated rings. The number of hydrogen-bond acceptors (Lipinski definition) is 5. The van der Waals surface area contributed by atoms with Crippen molar-refractivity contribution in [3.63, 3.8) is 0 Å². The summed E-state index contributed by atoms with van der Waals surface area (Å²) in [4.78, 5) is 19.7. The van der Waals surface area contributed by atoms with E-state index in [1.54, 1.807) is 20.9 Å². The SMILES string of the molecule is Cc1ncsc1CCN(C)C(=O)Cn1ccc([C@@H]2CCCNC2)n1. The molecule has 1 amide bonds. The summed E-state index contributed by atoms with van der Waals surface area (Å²) in [7, 11) is 1.86. The summed E-state index contributed by atoms with van der Waals surface area (Å²) in [5.41, 5.74) is 4.02. The van der Waals surface area contributed by atoms with E-state index < -0.39 is 0 Å². The third-order valence-corrected chi connectivity index (χ3v) is 5.61. The van der Waals surface area contributed by atoms with Gasteiger partial charge < -0.3 is 10.2 Å². The largest absolute Gasteiger partial charge is 0.344 e. The van der Waals surface area contributed by atoms with Crippen LogP contribution in [0.1, 0.15) is 35.0 Å². The smallest absolute Gasteiger partial charge is 0.244 e. The van der Waals surface area contributed by atoms with E-state index in [0.29, 0.717) is 19.0 Å². The van der Waals surface area contributed by atoms with Gasteiger partial charge in [-0.15, -0.1) is 11.3 Å². The predicted molar refractivity (Wildman–Crippen MR) is 95.3 cm³/mol. The summed E-state index contributed by atoms with van der Waals surface area (Å²) < 4.78 is 1.76. The lowest BCUT2D eigenvalue weighted by atomic mass is 9.97. The second-order valence-electron chi connectivity index (χ2n) is 6.41. The standard InChI is InChI=1S/C17H25N5OS/c1-13-16(24-12-19-13)6-8-21(2)17(23)11-22-9-5-15(20-22)14-4-3-7-18-10-14/h5,9,12,14,18H,3-4,6-8,10-11H2,1-2H3/t14-/m1/s1. The van der Waals surface area contributed by atoms with E-state index >= 15 is 0 Å². The topological polar surface area (TPSA) is 63.1 Å². The van der Waals surface area contributed by atoms with Gasteiger partial charge in [-0.3, -0.25) is 9.48 Å². The number of nitrogens with zero attached hydrogens (tertiary/aromatic N) is 4. The van der Waals surface area contributed by atoms with Crippen LogP contribution < -0.4 is 5.32 Å². The second kappa shape index (κ2) is 7.90. The number of carbonyl (C=O) groups is 1. The molecule has 1 N–H and O–H groups in total. The maximum Gasteiger partial charge on any atom is 0.244 e. The number of likely N-dealkylation sites (N-methyl/N-ethyl adjacent to an activating group) is 1. The van der Waals surface area contributed by atoms with Crippen LogP contribution in [0.5, 0.6) is 0 Å². The highest BCUT2D eigenvalue weighted by Gasteiger charge is 2.18. The molecule has 0 radical (unpaired) electrons. The first-order valence-corrected chi connectivity index (χ1v) is 9.38. The first-order valence-electron chi connectivity index (χ1n) is 8.50. The van der Waals surface area contributed by atoms with Crippen molar-refractivity contribution in [1.29, 1.82) is 0 Å². The van der Waals surface area contributed by atoms with Gasteiger partial charge in [-0.2, -0.15) is 5.10 Å². The van der Waals surface area contributed by atoms with Gasteiger partial charge in [-0.05, 0) is 32.4 Å². The molecule has 0 bridgehead atoms. The zero-order valence-corrected chi connectivity index (χ0v) is 15.2. The molecule has 0 saturated carbocycles. The molecule has 3 rings (SSSR count). The van der Waals surface area contributed by atoms with Crippen molar-refractivity contribution in [1.82, 2.24) is 25.0 Å². The lowest BCUT2D eigenvalue weighted by Gasteiger charge is -2.21. The molecule has 7 heteroatoms. The van der Waals surface area contributed by atoms with E-state index in [1.165, 1.54) is 17.7 Å². The fourth-order valence-electron chi connectivity index (χ4n) is 3.01. The molecular weight excluding hydrogens is 322 g/mol. The van der Waals surface area contributed by atoms with Crippen LogP contribution in [-0.2, 0) is 17.8 Å². The van der Waals surface area contributed by atoms with Crippen LogP contribution in [0.4, 0.5) is 0 Å². The number of aryl methyl sites for hydroxylation is 1. The Bertz CT molecular complexity index is 674. The average molecular weight is 347 g/mol. The molecule has 2 aromatic rings. The average Bonchev–Trinajstić information content (AvgIpc) is 3.22. The zero-order valence-electron chi connectivity index (χ0n) is 14.4. The van der Waals surface area contributed by atoms with E-state index in [0.717, 1.165) is 30.9 Å². The third-order valence-electron chi connectivity index (χ3n) is 4.62. The van der Waals surface area contributed by atoms with Crippen LogP contribution in [0.2, 0.25) is 0 Å². The maximum absolute atomic E-state index is 12.4. The maximum atomic E-state index is 12.4. The quantitative estimate of drug-likeness (QED) is 0.866. The lowest BCUT2D eigenvalue weighted by molar-refractivity contribution is -0.130. The van der Waals surface area contributed by atoms with Gasteiger partial charge in [-0.25, -0.2) is 4.98 Å². The van der Waals surface area contributed by atoms with Gasteiger partial charge in [0.05, 0.1) is 16.9 Å². The molecule has 1 atom stereocenters. The molecule has 0 unspecified atom stereocenters. The Kier molecular flexibility index (Phi) is 5.63. The molecule has 0 spiro atoms. The molecule has 3 heterocycles. The summed E-state index contributed by atoms with van der Waals surface area (Å²) in [6.07, 6.45) is 5.14. The van der Waals surface area contributed by atoms with Crippen molar-refractivity contribution < 1.29 is 4.79 Å². The van der Waals surface area contributed by atoms with Gasteiger partial charge in [0.1, 0.15) is 6.54 Å². The van der Waals surface area contributed by atoms with Crippen LogP contribution in [-0.4, -0.2) is 52.3 Å². The molecule has 0 aliphatic carbocycles. The molecule has 1 aliphatic heterocycles. The van der Waals surface area contributed by atoms with Crippen molar-refractivity contribution in [2.24, 2.45) is 0 Å². The Morgan fingerprint density at radius 2 is 2.42 bits per heavy atom. The van der Waals surface area contributed by atoms with E-state index in [2.05, 4.69) is 15.4 Å². The number of aromatic nitrogens is 3. The second-order valence-corrected chi connectivity index (χ2v) is 7.35. The van der Waals surface area contributed by atoms with Crippen LogP contribution >= 0.6 is 11.3 Å². The molecule has 2 aromatic heterocycles. The van der Waals surface area contributed by atoms with E-state index in [1.807, 2.05) is 31.7 Å². The van der Waals surface area contributed by atoms with Crippen molar-refractivity contribution in [3.05, 3.63) is 34.0 Å². The molecule has 0 aromatic carbocycles. The van der Waals surface area contributed by atoms with Gasteiger partial charge in [0.2, 0.25) is 5.91 Å². The molecular formula is C17H25N5OS. The van der Waals surface area contributed by atoms with Crippen molar-refractivity contribution >= 4 is 17.2 Å². The minimum Gasteiger partial charge on any atom is -0.344 e. The fourth-order valence-corrected chi connectivity index (χ4v) is 3.78. The molecule has 1 saturated heterocycles. The highest BCUT2D eigenvalue weighted by atomic mass is 32.1. The normalized spacial score (nSPS) is 17.8. The molecule has 130 valence electrons. The Morgan fingerprint density at radius 3 is 3.12 bits per heavy atom. The van der Waals surface area contributed by atoms with Crippen molar-refractivity contribution in [2.75, 3.05) is 26.7 Å². The monoisotopic (exact) mass is 347 g/mol. The Labute approximate surface area is 146 Å². The minimum atomic E-state index is 0.0913. The third kappa shape index (κ3) is 4.21. The van der Waals surface area contributed by atoms with Crippen LogP contribution in [0.3, 0.4) is 0 Å². The number of piperidine rings is 1. The van der Waals surface area contributed by atoms with Gasteiger partial charge in [0, 0.05) is 43.5 Å². The number of rotatable bonds is 6. The zero-order chi connectivity index (χ0) is 16.9. The Balaban J connectivity index is 1.50. The number of nitrogens with one attached hydrogen (secondary N) is 1. The van der Waals surface area contributed by atoms with Crippen LogP contribution in [0.25, 0.3) is 0 Å². The number of hydrogen-bond donors (Lipinski definition) is 1. The van der Waals surface area contributed by atoms with Crippen LogP contribution in [0, 0.1) is 6.92 Å². The number of amides is 1. The van der Waals surface area contributed by atoms with E-state index in [9.17, 15) is 4.79 Å². The van der Waals surface area contributed by atoms with Gasteiger partial charge in [0.25, 0.3) is 0 Å². The predicted octanol–water partition coefficient (Wildman–Crippen LogP) is 1.82. The molecule has 1 aliphatic rings. The number of thiazole rings is 1. The first-order chi connectivity index (χ1) is 11.6. The van der Waals surface area contributed by atoms with Gasteiger partial charge in [0.15, 0.2) is 0 Å².